The van der Waals surface area contributed by atoms with Gasteiger partial charge in [-0.2, -0.15) is 0 Å². The van der Waals surface area contributed by atoms with Gasteiger partial charge in [-0.3, -0.25) is 4.79 Å². The van der Waals surface area contributed by atoms with E-state index >= 15 is 0 Å². The normalized spacial score (nSPS) is 11.0. The van der Waals surface area contributed by atoms with Crippen molar-refractivity contribution in [3.8, 4) is 0 Å². The average Bonchev–Trinajstić information content (AvgIpc) is 2.71. The van der Waals surface area contributed by atoms with E-state index in [-0.39, 0.29) is 25.8 Å². The van der Waals surface area contributed by atoms with Gasteiger partial charge in [0.25, 0.3) is 0 Å². The van der Waals surface area contributed by atoms with Crippen LogP contribution < -0.4 is 0 Å². The van der Waals surface area contributed by atoms with Gasteiger partial charge in [0, 0.05) is 6.20 Å². The van der Waals surface area contributed by atoms with Gasteiger partial charge in [-0.1, -0.05) is 35.3 Å². The summed E-state index contributed by atoms with van der Waals surface area (Å²) >= 11 is 15.2. The standard InChI is InChI=1S/C15H7BrCl2FNO/c16-12-10-6-1-2-7-20(10)14(13(12)19)15(21)11-8(17)4-3-5-9(11)18/h1-7H. The molecule has 2 nitrogen and oxygen atoms in total. The van der Waals surface area contributed by atoms with Crippen LogP contribution in [0.1, 0.15) is 16.1 Å². The van der Waals surface area contributed by atoms with E-state index in [4.69, 9.17) is 23.2 Å². The molecule has 0 fully saturated rings. The summed E-state index contributed by atoms with van der Waals surface area (Å²) in [7, 11) is 0. The van der Waals surface area contributed by atoms with Gasteiger partial charge in [-0.15, -0.1) is 0 Å². The number of carbonyl (C=O) groups excluding carboxylic acids is 1. The Balaban J connectivity index is 2.31. The molecule has 6 heteroatoms. The first-order chi connectivity index (χ1) is 10.0. The van der Waals surface area contributed by atoms with Crippen molar-refractivity contribution in [3.05, 3.63) is 74.2 Å². The largest absolute Gasteiger partial charge is 0.310 e. The van der Waals surface area contributed by atoms with Gasteiger partial charge >= 0.3 is 0 Å². The van der Waals surface area contributed by atoms with Crippen LogP contribution in [-0.4, -0.2) is 10.2 Å². The second-order valence-electron chi connectivity index (χ2n) is 4.36. The van der Waals surface area contributed by atoms with E-state index in [1.54, 1.807) is 42.6 Å². The second-order valence-corrected chi connectivity index (χ2v) is 5.97. The number of rotatable bonds is 2. The fourth-order valence-electron chi connectivity index (χ4n) is 2.18. The molecule has 0 saturated heterocycles. The molecule has 0 radical (unpaired) electrons. The monoisotopic (exact) mass is 385 g/mol. The number of nitrogens with zero attached hydrogens (tertiary/aromatic N) is 1. The Morgan fingerprint density at radius 2 is 1.76 bits per heavy atom. The van der Waals surface area contributed by atoms with Crippen molar-refractivity contribution in [1.29, 1.82) is 0 Å². The Hall–Kier alpha value is -1.36. The van der Waals surface area contributed by atoms with Crippen LogP contribution in [0.5, 0.6) is 0 Å². The predicted molar refractivity (Wildman–Crippen MR) is 84.9 cm³/mol. The molecule has 21 heavy (non-hydrogen) atoms. The van der Waals surface area contributed by atoms with Gasteiger partial charge in [0.15, 0.2) is 5.82 Å². The van der Waals surface area contributed by atoms with E-state index in [1.165, 1.54) is 4.40 Å². The molecule has 3 aromatic rings. The van der Waals surface area contributed by atoms with Crippen LogP contribution >= 0.6 is 39.1 Å². The van der Waals surface area contributed by atoms with E-state index in [0.717, 1.165) is 0 Å². The number of ketones is 1. The summed E-state index contributed by atoms with van der Waals surface area (Å²) in [5.41, 5.74) is 0.546. The van der Waals surface area contributed by atoms with E-state index in [2.05, 4.69) is 15.9 Å². The quantitative estimate of drug-likeness (QED) is 0.542. The zero-order chi connectivity index (χ0) is 15.1. The fourth-order valence-corrected chi connectivity index (χ4v) is 3.26. The first-order valence-electron chi connectivity index (χ1n) is 5.95. The molecule has 3 rings (SSSR count). The molecular formula is C15H7BrCl2FNO. The summed E-state index contributed by atoms with van der Waals surface area (Å²) in [6.45, 7) is 0. The Bertz CT molecular complexity index is 855. The van der Waals surface area contributed by atoms with Crippen LogP contribution in [0, 0.1) is 5.82 Å². The molecule has 0 spiro atoms. The highest BCUT2D eigenvalue weighted by molar-refractivity contribution is 9.10. The average molecular weight is 387 g/mol. The highest BCUT2D eigenvalue weighted by atomic mass is 79.9. The molecule has 0 aliphatic rings. The van der Waals surface area contributed by atoms with Crippen molar-refractivity contribution in [2.24, 2.45) is 0 Å². The third kappa shape index (κ3) is 2.27. The first-order valence-corrected chi connectivity index (χ1v) is 7.50. The summed E-state index contributed by atoms with van der Waals surface area (Å²) in [4.78, 5) is 12.7. The van der Waals surface area contributed by atoms with Crippen molar-refractivity contribution in [1.82, 2.24) is 4.40 Å². The van der Waals surface area contributed by atoms with Crippen LogP contribution in [-0.2, 0) is 0 Å². The molecule has 0 aliphatic carbocycles. The van der Waals surface area contributed by atoms with Gasteiger partial charge in [-0.05, 0) is 40.2 Å². The Morgan fingerprint density at radius 3 is 2.43 bits per heavy atom. The van der Waals surface area contributed by atoms with Crippen molar-refractivity contribution in [2.45, 2.75) is 0 Å². The van der Waals surface area contributed by atoms with Crippen molar-refractivity contribution >= 4 is 50.4 Å². The number of pyridine rings is 1. The molecule has 0 atom stereocenters. The first kappa shape index (κ1) is 14.6. The summed E-state index contributed by atoms with van der Waals surface area (Å²) < 4.78 is 16.1. The second kappa shape index (κ2) is 5.44. The minimum absolute atomic E-state index is 0.0930. The van der Waals surface area contributed by atoms with Crippen LogP contribution in [0.4, 0.5) is 4.39 Å². The molecule has 0 unspecified atom stereocenters. The van der Waals surface area contributed by atoms with E-state index < -0.39 is 11.6 Å². The smallest absolute Gasteiger partial charge is 0.215 e. The number of carbonyl (C=O) groups is 1. The van der Waals surface area contributed by atoms with Gasteiger partial charge in [0.2, 0.25) is 5.78 Å². The number of aromatic nitrogens is 1. The Morgan fingerprint density at radius 1 is 1.10 bits per heavy atom. The highest BCUT2D eigenvalue weighted by Gasteiger charge is 2.26. The van der Waals surface area contributed by atoms with Gasteiger partial charge in [-0.25, -0.2) is 4.39 Å². The van der Waals surface area contributed by atoms with Crippen molar-refractivity contribution in [3.63, 3.8) is 0 Å². The number of benzene rings is 1. The molecular weight excluding hydrogens is 380 g/mol. The number of hydrogen-bond donors (Lipinski definition) is 0. The maximum atomic E-state index is 14.4. The summed E-state index contributed by atoms with van der Waals surface area (Å²) in [6, 6.07) is 9.90. The molecule has 0 amide bonds. The lowest BCUT2D eigenvalue weighted by Gasteiger charge is -2.06. The minimum Gasteiger partial charge on any atom is -0.310 e. The molecule has 106 valence electrons. The molecule has 2 aromatic heterocycles. The molecule has 0 aliphatic heterocycles. The van der Waals surface area contributed by atoms with Crippen molar-refractivity contribution < 1.29 is 9.18 Å². The Labute approximate surface area is 138 Å². The minimum atomic E-state index is -0.637. The lowest BCUT2D eigenvalue weighted by molar-refractivity contribution is 0.103. The van der Waals surface area contributed by atoms with Crippen molar-refractivity contribution in [2.75, 3.05) is 0 Å². The van der Waals surface area contributed by atoms with Gasteiger partial charge in [0.1, 0.15) is 5.69 Å². The summed E-state index contributed by atoms with van der Waals surface area (Å²) in [5, 5.41) is 0.378. The number of halogens is 4. The molecule has 0 N–H and O–H groups in total. The maximum Gasteiger partial charge on any atom is 0.215 e. The zero-order valence-electron chi connectivity index (χ0n) is 10.4. The molecule has 1 aromatic carbocycles. The van der Waals surface area contributed by atoms with Gasteiger partial charge in [0.05, 0.1) is 25.6 Å². The molecule has 0 bridgehead atoms. The SMILES string of the molecule is O=C(c1c(Cl)cccc1Cl)c1c(F)c(Br)c2ccccn12. The zero-order valence-corrected chi connectivity index (χ0v) is 13.5. The maximum absolute atomic E-state index is 14.4. The molecule has 0 saturated carbocycles. The van der Waals surface area contributed by atoms with Crippen LogP contribution in [0.3, 0.4) is 0 Å². The van der Waals surface area contributed by atoms with Crippen LogP contribution in [0.2, 0.25) is 10.0 Å². The lowest BCUT2D eigenvalue weighted by atomic mass is 10.1. The van der Waals surface area contributed by atoms with E-state index in [0.29, 0.717) is 5.52 Å². The molecule has 2 heterocycles. The predicted octanol–water partition coefficient (Wildman–Crippen LogP) is 5.38. The Kier molecular flexibility index (Phi) is 3.78. The van der Waals surface area contributed by atoms with Crippen LogP contribution in [0.15, 0.2) is 47.1 Å². The summed E-state index contributed by atoms with van der Waals surface area (Å²) in [6.07, 6.45) is 1.61. The highest BCUT2D eigenvalue weighted by Crippen LogP contribution is 2.32. The third-order valence-corrected chi connectivity index (χ3v) is 4.52. The fraction of sp³-hybridized carbons (Fsp3) is 0. The third-order valence-electron chi connectivity index (χ3n) is 3.13. The van der Waals surface area contributed by atoms with Gasteiger partial charge < -0.3 is 4.40 Å². The van der Waals surface area contributed by atoms with E-state index in [1.807, 2.05) is 0 Å². The van der Waals surface area contributed by atoms with E-state index in [9.17, 15) is 9.18 Å². The number of fused-ring (bicyclic) bond motifs is 1. The van der Waals surface area contributed by atoms with Crippen LogP contribution in [0.25, 0.3) is 5.52 Å². The lowest BCUT2D eigenvalue weighted by Crippen LogP contribution is -2.08. The topological polar surface area (TPSA) is 21.5 Å². The summed E-state index contributed by atoms with van der Waals surface area (Å²) in [5.74, 6) is -1.20. The number of hydrogen-bond acceptors (Lipinski definition) is 1.